The number of hydrogen-bond donors (Lipinski definition) is 1. The van der Waals surface area contributed by atoms with Crippen molar-refractivity contribution in [2.75, 3.05) is 18.4 Å². The van der Waals surface area contributed by atoms with Crippen LogP contribution in [0, 0.1) is 12.8 Å². The average molecular weight is 374 g/mol. The highest BCUT2D eigenvalue weighted by molar-refractivity contribution is 7.89. The first-order valence-corrected chi connectivity index (χ1v) is 10.6. The second kappa shape index (κ2) is 7.76. The van der Waals surface area contributed by atoms with E-state index in [1.807, 2.05) is 31.2 Å². The summed E-state index contributed by atoms with van der Waals surface area (Å²) in [4.78, 5) is 4.82. The largest absolute Gasteiger partial charge is 0.370 e. The number of aryl methyl sites for hydroxylation is 1. The number of aromatic nitrogens is 1. The van der Waals surface area contributed by atoms with Crippen LogP contribution >= 0.6 is 0 Å². The van der Waals surface area contributed by atoms with Crippen LogP contribution in [-0.4, -0.2) is 30.8 Å². The van der Waals surface area contributed by atoms with Crippen LogP contribution in [0.25, 0.3) is 0 Å². The van der Waals surface area contributed by atoms with Gasteiger partial charge < -0.3 is 5.32 Å². The zero-order valence-corrected chi connectivity index (χ0v) is 16.5. The molecule has 1 aromatic carbocycles. The molecule has 0 bridgehead atoms. The van der Waals surface area contributed by atoms with E-state index in [-0.39, 0.29) is 6.04 Å². The topological polar surface area (TPSA) is 62.3 Å². The van der Waals surface area contributed by atoms with Crippen molar-refractivity contribution in [2.24, 2.45) is 5.92 Å². The first-order chi connectivity index (χ1) is 12.4. The van der Waals surface area contributed by atoms with Gasteiger partial charge in [-0.15, -0.1) is 0 Å². The molecule has 3 rings (SSSR count). The van der Waals surface area contributed by atoms with Crippen LogP contribution in [0.15, 0.2) is 47.5 Å². The minimum absolute atomic E-state index is 0.176. The van der Waals surface area contributed by atoms with E-state index in [1.54, 1.807) is 22.6 Å². The molecular formula is C20H27N3O2S. The maximum absolute atomic E-state index is 13.2. The summed E-state index contributed by atoms with van der Waals surface area (Å²) in [5, 5.41) is 3.38. The molecule has 1 unspecified atom stereocenters. The van der Waals surface area contributed by atoms with E-state index in [9.17, 15) is 8.42 Å². The van der Waals surface area contributed by atoms with Gasteiger partial charge >= 0.3 is 0 Å². The van der Waals surface area contributed by atoms with Gasteiger partial charge in [0.1, 0.15) is 5.82 Å². The van der Waals surface area contributed by atoms with Gasteiger partial charge in [0.25, 0.3) is 0 Å². The summed E-state index contributed by atoms with van der Waals surface area (Å²) < 4.78 is 28.0. The average Bonchev–Trinajstić information content (AvgIpc) is 3.11. The number of pyridine rings is 1. The van der Waals surface area contributed by atoms with Crippen LogP contribution in [0.4, 0.5) is 5.82 Å². The molecule has 0 amide bonds. The summed E-state index contributed by atoms with van der Waals surface area (Å²) in [7, 11) is -3.52. The number of sulfonamides is 1. The smallest absolute Gasteiger partial charge is 0.243 e. The molecule has 26 heavy (non-hydrogen) atoms. The molecule has 1 N–H and O–H groups in total. The molecule has 0 saturated carbocycles. The molecule has 5 nitrogen and oxygen atoms in total. The fourth-order valence-electron chi connectivity index (χ4n) is 3.32. The van der Waals surface area contributed by atoms with Crippen LogP contribution < -0.4 is 5.32 Å². The molecule has 1 aromatic heterocycles. The van der Waals surface area contributed by atoms with Crippen LogP contribution in [0.2, 0.25) is 0 Å². The molecule has 1 aliphatic rings. The van der Waals surface area contributed by atoms with Crippen molar-refractivity contribution < 1.29 is 8.42 Å². The fraction of sp³-hybridized carbons (Fsp3) is 0.450. The van der Waals surface area contributed by atoms with Crippen LogP contribution in [-0.2, 0) is 10.0 Å². The number of benzene rings is 1. The van der Waals surface area contributed by atoms with Crippen LogP contribution in [0.3, 0.4) is 0 Å². The van der Waals surface area contributed by atoms with Crippen molar-refractivity contribution in [2.45, 2.75) is 44.6 Å². The number of nitrogens with zero attached hydrogens (tertiary/aromatic N) is 2. The highest BCUT2D eigenvalue weighted by atomic mass is 32.2. The van der Waals surface area contributed by atoms with E-state index in [0.717, 1.165) is 36.3 Å². The lowest BCUT2D eigenvalue weighted by molar-refractivity contribution is 0.396. The highest BCUT2D eigenvalue weighted by Gasteiger charge is 2.37. The molecule has 2 heterocycles. The molecule has 1 aliphatic heterocycles. The lowest BCUT2D eigenvalue weighted by Gasteiger charge is -2.26. The van der Waals surface area contributed by atoms with Crippen LogP contribution in [0.5, 0.6) is 0 Å². The van der Waals surface area contributed by atoms with Gasteiger partial charge in [-0.3, -0.25) is 0 Å². The standard InChI is InChI=1S/C20H27N3O2S/c1-15(2)14-22-20-18(6-4-12-21-20)19-7-5-13-23(19)26(24,25)17-10-8-16(3)9-11-17/h4,6,8-12,15,19H,5,7,13-14H2,1-3H3,(H,21,22). The van der Waals surface area contributed by atoms with E-state index in [2.05, 4.69) is 24.1 Å². The van der Waals surface area contributed by atoms with Gasteiger partial charge in [-0.25, -0.2) is 13.4 Å². The van der Waals surface area contributed by atoms with Crippen molar-refractivity contribution in [3.05, 3.63) is 53.7 Å². The van der Waals surface area contributed by atoms with E-state index in [1.165, 1.54) is 0 Å². The molecule has 0 spiro atoms. The summed E-state index contributed by atoms with van der Waals surface area (Å²) in [6, 6.07) is 10.8. The van der Waals surface area contributed by atoms with Gasteiger partial charge in [0, 0.05) is 24.8 Å². The maximum Gasteiger partial charge on any atom is 0.243 e. The van der Waals surface area contributed by atoms with Crippen molar-refractivity contribution >= 4 is 15.8 Å². The summed E-state index contributed by atoms with van der Waals surface area (Å²) in [6.45, 7) is 7.58. The molecule has 1 fully saturated rings. The van der Waals surface area contributed by atoms with Gasteiger partial charge in [-0.2, -0.15) is 4.31 Å². The third-order valence-electron chi connectivity index (χ3n) is 4.71. The number of anilines is 1. The Labute approximate surface area is 156 Å². The zero-order chi connectivity index (χ0) is 18.7. The monoisotopic (exact) mass is 373 g/mol. The fourth-order valence-corrected chi connectivity index (χ4v) is 4.99. The molecular weight excluding hydrogens is 346 g/mol. The Hall–Kier alpha value is -1.92. The number of rotatable bonds is 6. The Bertz CT molecular complexity index is 848. The highest BCUT2D eigenvalue weighted by Crippen LogP contribution is 2.38. The quantitative estimate of drug-likeness (QED) is 0.832. The Morgan fingerprint density at radius 2 is 1.96 bits per heavy atom. The predicted octanol–water partition coefficient (Wildman–Crippen LogP) is 3.98. The van der Waals surface area contributed by atoms with E-state index < -0.39 is 10.0 Å². The maximum atomic E-state index is 13.2. The van der Waals surface area contributed by atoms with Crippen molar-refractivity contribution in [1.82, 2.24) is 9.29 Å². The molecule has 1 atom stereocenters. The second-order valence-corrected chi connectivity index (χ2v) is 9.19. The SMILES string of the molecule is Cc1ccc(S(=O)(=O)N2CCCC2c2cccnc2NCC(C)C)cc1. The number of hydrogen-bond acceptors (Lipinski definition) is 4. The first kappa shape index (κ1) is 18.9. The van der Waals surface area contributed by atoms with Gasteiger partial charge in [0.05, 0.1) is 10.9 Å². The third kappa shape index (κ3) is 3.91. The predicted molar refractivity (Wildman–Crippen MR) is 105 cm³/mol. The van der Waals surface area contributed by atoms with Crippen molar-refractivity contribution in [3.8, 4) is 0 Å². The van der Waals surface area contributed by atoms with Gasteiger partial charge in [0.2, 0.25) is 10.0 Å². The van der Waals surface area contributed by atoms with Gasteiger partial charge in [-0.1, -0.05) is 37.6 Å². The van der Waals surface area contributed by atoms with Gasteiger partial charge in [0.15, 0.2) is 0 Å². The zero-order valence-electron chi connectivity index (χ0n) is 15.6. The molecule has 2 aromatic rings. The first-order valence-electron chi connectivity index (χ1n) is 9.17. The van der Waals surface area contributed by atoms with E-state index in [0.29, 0.717) is 17.4 Å². The molecule has 1 saturated heterocycles. The lowest BCUT2D eigenvalue weighted by Crippen LogP contribution is -2.31. The summed E-state index contributed by atoms with van der Waals surface area (Å²) >= 11 is 0. The van der Waals surface area contributed by atoms with Gasteiger partial charge in [-0.05, 0) is 43.9 Å². The summed E-state index contributed by atoms with van der Waals surface area (Å²) in [6.07, 6.45) is 3.42. The lowest BCUT2D eigenvalue weighted by atomic mass is 10.1. The third-order valence-corrected chi connectivity index (χ3v) is 6.63. The Morgan fingerprint density at radius 1 is 1.23 bits per heavy atom. The number of nitrogens with one attached hydrogen (secondary N) is 1. The summed E-state index contributed by atoms with van der Waals surface area (Å²) in [5.74, 6) is 1.28. The van der Waals surface area contributed by atoms with Crippen molar-refractivity contribution in [1.29, 1.82) is 0 Å². The summed E-state index contributed by atoms with van der Waals surface area (Å²) in [5.41, 5.74) is 2.01. The molecule has 6 heteroatoms. The Kier molecular flexibility index (Phi) is 5.63. The normalized spacial score (nSPS) is 18.4. The molecule has 140 valence electrons. The van der Waals surface area contributed by atoms with E-state index in [4.69, 9.17) is 0 Å². The minimum Gasteiger partial charge on any atom is -0.370 e. The second-order valence-electron chi connectivity index (χ2n) is 7.30. The van der Waals surface area contributed by atoms with Crippen molar-refractivity contribution in [3.63, 3.8) is 0 Å². The van der Waals surface area contributed by atoms with Crippen LogP contribution in [0.1, 0.15) is 43.9 Å². The Balaban J connectivity index is 1.92. The molecule has 0 aliphatic carbocycles. The Morgan fingerprint density at radius 3 is 2.65 bits per heavy atom. The van der Waals surface area contributed by atoms with E-state index >= 15 is 0 Å². The molecule has 0 radical (unpaired) electrons. The minimum atomic E-state index is -3.52.